The van der Waals surface area contributed by atoms with Gasteiger partial charge in [0.05, 0.1) is 23.6 Å². The van der Waals surface area contributed by atoms with E-state index < -0.39 is 17.8 Å². The maximum Gasteiger partial charge on any atom is 0.340 e. The number of amides is 2. The Morgan fingerprint density at radius 2 is 1.75 bits per heavy atom. The minimum Gasteiger partial charge on any atom is -0.462 e. The van der Waals surface area contributed by atoms with Crippen molar-refractivity contribution in [1.82, 2.24) is 15.0 Å². The lowest BCUT2D eigenvalue weighted by Crippen LogP contribution is -2.22. The van der Waals surface area contributed by atoms with Gasteiger partial charge < -0.3 is 15.4 Å². The number of aromatic nitrogens is 3. The van der Waals surface area contributed by atoms with Crippen LogP contribution < -0.4 is 10.6 Å². The number of rotatable bonds is 7. The summed E-state index contributed by atoms with van der Waals surface area (Å²) in [4.78, 5) is 37.2. The molecule has 0 unspecified atom stereocenters. The van der Waals surface area contributed by atoms with Gasteiger partial charge in [0.25, 0.3) is 5.91 Å². The summed E-state index contributed by atoms with van der Waals surface area (Å²) in [5.41, 5.74) is 1.36. The Morgan fingerprint density at radius 3 is 2.44 bits per heavy atom. The molecule has 0 saturated carbocycles. The fourth-order valence-electron chi connectivity index (χ4n) is 2.84. The number of carbonyl (C=O) groups is 3. The Kier molecular flexibility index (Phi) is 7.45. The van der Waals surface area contributed by atoms with E-state index in [-0.39, 0.29) is 24.4 Å². The van der Waals surface area contributed by atoms with Crippen LogP contribution in [0, 0.1) is 6.92 Å². The third-order valence-corrected chi connectivity index (χ3v) is 4.74. The summed E-state index contributed by atoms with van der Waals surface area (Å²) in [6.07, 6.45) is 0. The Labute approximate surface area is 193 Å². The van der Waals surface area contributed by atoms with Crippen LogP contribution in [0.3, 0.4) is 0 Å². The van der Waals surface area contributed by atoms with Crippen LogP contribution in [0.5, 0.6) is 0 Å². The van der Waals surface area contributed by atoms with E-state index in [1.165, 1.54) is 4.68 Å². The molecule has 0 bridgehead atoms. The average molecular weight is 476 g/mol. The summed E-state index contributed by atoms with van der Waals surface area (Å²) >= 11 is 11.9. The number of carbonyl (C=O) groups excluding carboxylic acids is 3. The van der Waals surface area contributed by atoms with Crippen molar-refractivity contribution in [2.24, 2.45) is 0 Å². The second-order valence-electron chi connectivity index (χ2n) is 6.61. The summed E-state index contributed by atoms with van der Waals surface area (Å²) in [6.45, 7) is 3.30. The first-order valence-corrected chi connectivity index (χ1v) is 10.3. The fraction of sp³-hybridized carbons (Fsp3) is 0.190. The van der Waals surface area contributed by atoms with Crippen LogP contribution in [0.2, 0.25) is 10.0 Å². The predicted octanol–water partition coefficient (Wildman–Crippen LogP) is 3.96. The van der Waals surface area contributed by atoms with Gasteiger partial charge in [0, 0.05) is 15.7 Å². The molecule has 166 valence electrons. The number of esters is 1. The molecule has 0 aliphatic carbocycles. The number of ether oxygens (including phenoxy) is 1. The zero-order valence-electron chi connectivity index (χ0n) is 17.2. The van der Waals surface area contributed by atoms with Gasteiger partial charge in [0.2, 0.25) is 5.91 Å². The molecular weight excluding hydrogens is 457 g/mol. The van der Waals surface area contributed by atoms with E-state index >= 15 is 0 Å². The molecule has 2 N–H and O–H groups in total. The van der Waals surface area contributed by atoms with Crippen molar-refractivity contribution in [3.05, 3.63) is 69.5 Å². The Hall–Kier alpha value is -3.43. The number of hydrogen-bond donors (Lipinski definition) is 2. The summed E-state index contributed by atoms with van der Waals surface area (Å²) in [6, 6.07) is 11.1. The number of hydrogen-bond acceptors (Lipinski definition) is 6. The third-order valence-electron chi connectivity index (χ3n) is 4.31. The molecule has 3 rings (SSSR count). The highest BCUT2D eigenvalue weighted by Crippen LogP contribution is 2.23. The number of halogens is 2. The number of nitrogens with zero attached hydrogens (tertiary/aromatic N) is 3. The molecule has 2 aromatic carbocycles. The number of anilines is 2. The van der Waals surface area contributed by atoms with Gasteiger partial charge in [-0.05, 0) is 44.2 Å². The molecular formula is C21H19Cl2N5O4. The monoisotopic (exact) mass is 475 g/mol. The van der Waals surface area contributed by atoms with E-state index in [0.29, 0.717) is 27.1 Å². The lowest BCUT2D eigenvalue weighted by Gasteiger charge is -2.10. The van der Waals surface area contributed by atoms with Crippen LogP contribution in [0.1, 0.15) is 33.5 Å². The zero-order chi connectivity index (χ0) is 23.3. The highest BCUT2D eigenvalue weighted by atomic mass is 35.5. The first kappa shape index (κ1) is 23.2. The zero-order valence-corrected chi connectivity index (χ0v) is 18.7. The normalized spacial score (nSPS) is 10.5. The number of para-hydroxylation sites is 1. The topological polar surface area (TPSA) is 115 Å². The van der Waals surface area contributed by atoms with Crippen molar-refractivity contribution in [1.29, 1.82) is 0 Å². The molecule has 0 atom stereocenters. The Balaban J connectivity index is 1.70. The van der Waals surface area contributed by atoms with E-state index in [9.17, 15) is 14.4 Å². The van der Waals surface area contributed by atoms with Crippen LogP contribution in [0.15, 0.2) is 42.5 Å². The molecule has 9 nitrogen and oxygen atoms in total. The van der Waals surface area contributed by atoms with Crippen LogP contribution in [0.25, 0.3) is 0 Å². The van der Waals surface area contributed by atoms with E-state index in [4.69, 9.17) is 27.9 Å². The standard InChI is InChI=1S/C21H19Cl2N5O4/c1-3-32-21(31)16-6-4-5-7-17(16)25-18(29)11-28-12(2)19(26-27-28)20(30)24-15-9-13(22)8-14(23)10-15/h4-10H,3,11H2,1-2H3,(H,24,30)(H,25,29). The van der Waals surface area contributed by atoms with Crippen molar-refractivity contribution >= 4 is 52.4 Å². The van der Waals surface area contributed by atoms with Gasteiger partial charge in [-0.3, -0.25) is 9.59 Å². The fourth-order valence-corrected chi connectivity index (χ4v) is 3.37. The van der Waals surface area contributed by atoms with E-state index in [1.807, 2.05) is 0 Å². The predicted molar refractivity (Wildman–Crippen MR) is 120 cm³/mol. The molecule has 0 saturated heterocycles. The van der Waals surface area contributed by atoms with Gasteiger partial charge in [-0.1, -0.05) is 40.5 Å². The van der Waals surface area contributed by atoms with Crippen molar-refractivity contribution in [2.75, 3.05) is 17.2 Å². The van der Waals surface area contributed by atoms with Crippen LogP contribution in [-0.2, 0) is 16.1 Å². The van der Waals surface area contributed by atoms with E-state index in [2.05, 4.69) is 20.9 Å². The average Bonchev–Trinajstić information content (AvgIpc) is 3.08. The minimum atomic E-state index is -0.541. The molecule has 0 aliphatic rings. The summed E-state index contributed by atoms with van der Waals surface area (Å²) in [5, 5.41) is 13.8. The first-order valence-electron chi connectivity index (χ1n) is 9.52. The molecule has 1 heterocycles. The smallest absolute Gasteiger partial charge is 0.340 e. The van der Waals surface area contributed by atoms with E-state index in [1.54, 1.807) is 56.3 Å². The van der Waals surface area contributed by atoms with Gasteiger partial charge in [-0.25, -0.2) is 9.48 Å². The summed E-state index contributed by atoms with van der Waals surface area (Å²) in [7, 11) is 0. The number of nitrogens with one attached hydrogen (secondary N) is 2. The number of benzene rings is 2. The lowest BCUT2D eigenvalue weighted by molar-refractivity contribution is -0.117. The minimum absolute atomic E-state index is 0.0424. The lowest BCUT2D eigenvalue weighted by atomic mass is 10.2. The molecule has 0 fully saturated rings. The summed E-state index contributed by atoms with van der Waals surface area (Å²) < 4.78 is 6.28. The van der Waals surface area contributed by atoms with Crippen LogP contribution >= 0.6 is 23.2 Å². The molecule has 0 radical (unpaired) electrons. The van der Waals surface area contributed by atoms with Crippen LogP contribution in [0.4, 0.5) is 11.4 Å². The second kappa shape index (κ2) is 10.3. The molecule has 0 spiro atoms. The van der Waals surface area contributed by atoms with Crippen molar-refractivity contribution < 1.29 is 19.1 Å². The Morgan fingerprint density at radius 1 is 1.06 bits per heavy atom. The highest BCUT2D eigenvalue weighted by Gasteiger charge is 2.19. The van der Waals surface area contributed by atoms with Crippen molar-refractivity contribution in [2.45, 2.75) is 20.4 Å². The van der Waals surface area contributed by atoms with Crippen LogP contribution in [-0.4, -0.2) is 39.4 Å². The molecule has 2 amide bonds. The SMILES string of the molecule is CCOC(=O)c1ccccc1NC(=O)Cn1nnc(C(=O)Nc2cc(Cl)cc(Cl)c2)c1C. The van der Waals surface area contributed by atoms with Crippen molar-refractivity contribution in [3.63, 3.8) is 0 Å². The highest BCUT2D eigenvalue weighted by molar-refractivity contribution is 6.35. The summed E-state index contributed by atoms with van der Waals surface area (Å²) in [5.74, 6) is -1.52. The molecule has 32 heavy (non-hydrogen) atoms. The Bertz CT molecular complexity index is 1160. The molecule has 1 aromatic heterocycles. The van der Waals surface area contributed by atoms with Gasteiger partial charge in [0.15, 0.2) is 5.69 Å². The quantitative estimate of drug-likeness (QED) is 0.499. The van der Waals surface area contributed by atoms with Gasteiger partial charge in [-0.15, -0.1) is 5.10 Å². The largest absolute Gasteiger partial charge is 0.462 e. The maximum atomic E-state index is 12.6. The third kappa shape index (κ3) is 5.63. The molecule has 11 heteroatoms. The maximum absolute atomic E-state index is 12.6. The second-order valence-corrected chi connectivity index (χ2v) is 7.48. The van der Waals surface area contributed by atoms with Gasteiger partial charge >= 0.3 is 5.97 Å². The molecule has 3 aromatic rings. The van der Waals surface area contributed by atoms with E-state index in [0.717, 1.165) is 0 Å². The van der Waals surface area contributed by atoms with Gasteiger partial charge in [-0.2, -0.15) is 0 Å². The molecule has 0 aliphatic heterocycles. The van der Waals surface area contributed by atoms with Crippen molar-refractivity contribution in [3.8, 4) is 0 Å². The van der Waals surface area contributed by atoms with Gasteiger partial charge in [0.1, 0.15) is 6.54 Å². The first-order chi connectivity index (χ1) is 15.3.